The van der Waals surface area contributed by atoms with Gasteiger partial charge < -0.3 is 59.8 Å². The summed E-state index contributed by atoms with van der Waals surface area (Å²) in [6.07, 6.45) is -11.8. The van der Waals surface area contributed by atoms with E-state index in [0.29, 0.717) is 18.5 Å². The van der Waals surface area contributed by atoms with Crippen molar-refractivity contribution in [1.29, 1.82) is 0 Å². The van der Waals surface area contributed by atoms with Crippen LogP contribution in [0.3, 0.4) is 0 Å². The third-order valence-electron chi connectivity index (χ3n) is 6.41. The third kappa shape index (κ3) is 4.86. The van der Waals surface area contributed by atoms with Gasteiger partial charge in [-0.1, -0.05) is 0 Å². The van der Waals surface area contributed by atoms with Crippen molar-refractivity contribution in [3.8, 4) is 11.6 Å². The Balaban J connectivity index is 1.59. The molecule has 34 heavy (non-hydrogen) atoms. The van der Waals surface area contributed by atoms with Crippen LogP contribution >= 0.6 is 0 Å². The Morgan fingerprint density at radius 1 is 0.735 bits per heavy atom. The van der Waals surface area contributed by atoms with Gasteiger partial charge in [-0.25, -0.2) is 4.98 Å². The number of aryl methyl sites for hydroxylation is 1. The van der Waals surface area contributed by atoms with Gasteiger partial charge in [0.15, 0.2) is 0 Å². The van der Waals surface area contributed by atoms with Crippen LogP contribution in [-0.4, -0.2) is 120 Å². The molecule has 2 saturated heterocycles. The first-order valence-electron chi connectivity index (χ1n) is 11.2. The molecule has 3 aliphatic rings. The molecule has 0 saturated carbocycles. The van der Waals surface area contributed by atoms with Crippen molar-refractivity contribution in [1.82, 2.24) is 4.98 Å². The summed E-state index contributed by atoms with van der Waals surface area (Å²) in [6.45, 7) is -1.22. The molecular weight excluding hydrogens is 458 g/mol. The van der Waals surface area contributed by atoms with Gasteiger partial charge in [0.1, 0.15) is 54.6 Å². The van der Waals surface area contributed by atoms with Crippen molar-refractivity contribution in [2.75, 3.05) is 13.2 Å². The second-order valence-corrected chi connectivity index (χ2v) is 8.72. The van der Waals surface area contributed by atoms with Crippen molar-refractivity contribution in [3.05, 3.63) is 17.3 Å². The lowest BCUT2D eigenvalue weighted by Crippen LogP contribution is -2.60. The molecule has 13 nitrogen and oxygen atoms in total. The standard InChI is InChI=1S/C21H31NO12/c23-6-11-14(25)16(27)18(29)20(32-11)31-10-5-13(22-9-4-2-1-3-8(9)10)34-21-19(30)17(28)15(26)12(7-24)33-21/h5,11-12,14-21,23-30H,1-4,6-7H2/t11?,12?,14-,15-,16?,17?,18?,19?,20-,21+/m1/s1. The highest BCUT2D eigenvalue weighted by molar-refractivity contribution is 5.42. The predicted molar refractivity (Wildman–Crippen MR) is 110 cm³/mol. The predicted octanol–water partition coefficient (Wildman–Crippen LogP) is -3.68. The maximum atomic E-state index is 10.3. The van der Waals surface area contributed by atoms with Crippen LogP contribution in [0.4, 0.5) is 0 Å². The molecule has 0 radical (unpaired) electrons. The van der Waals surface area contributed by atoms with Crippen LogP contribution in [0.1, 0.15) is 24.1 Å². The lowest BCUT2D eigenvalue weighted by atomic mass is 9.95. The minimum atomic E-state index is -1.63. The van der Waals surface area contributed by atoms with Crippen LogP contribution in [0.15, 0.2) is 6.07 Å². The Morgan fingerprint density at radius 3 is 1.82 bits per heavy atom. The minimum Gasteiger partial charge on any atom is -0.461 e. The number of fused-ring (bicyclic) bond motifs is 1. The van der Waals surface area contributed by atoms with E-state index in [1.165, 1.54) is 6.07 Å². The molecule has 8 N–H and O–H groups in total. The van der Waals surface area contributed by atoms with E-state index in [1.807, 2.05) is 0 Å². The molecule has 3 heterocycles. The first-order chi connectivity index (χ1) is 16.2. The summed E-state index contributed by atoms with van der Waals surface area (Å²) in [4.78, 5) is 4.43. The molecule has 0 spiro atoms. The number of aliphatic hydroxyl groups is 8. The number of hydrogen-bond acceptors (Lipinski definition) is 13. The van der Waals surface area contributed by atoms with Gasteiger partial charge in [0.2, 0.25) is 18.5 Å². The summed E-state index contributed by atoms with van der Waals surface area (Å²) in [5, 5.41) is 79.4. The first kappa shape index (κ1) is 25.4. The van der Waals surface area contributed by atoms with Crippen LogP contribution in [0.5, 0.6) is 11.6 Å². The average Bonchev–Trinajstić information content (AvgIpc) is 2.84. The number of pyridine rings is 1. The van der Waals surface area contributed by atoms with E-state index >= 15 is 0 Å². The highest BCUT2D eigenvalue weighted by atomic mass is 16.7. The minimum absolute atomic E-state index is 0.0513. The molecule has 10 atom stereocenters. The van der Waals surface area contributed by atoms with Crippen molar-refractivity contribution in [3.63, 3.8) is 0 Å². The Labute approximate surface area is 194 Å². The maximum Gasteiger partial charge on any atom is 0.231 e. The fourth-order valence-electron chi connectivity index (χ4n) is 4.38. The number of hydrogen-bond donors (Lipinski definition) is 8. The summed E-state index contributed by atoms with van der Waals surface area (Å²) in [5.74, 6) is 0.165. The third-order valence-corrected chi connectivity index (χ3v) is 6.41. The van der Waals surface area contributed by atoms with Gasteiger partial charge >= 0.3 is 0 Å². The molecule has 4 rings (SSSR count). The average molecular weight is 489 g/mol. The molecule has 1 aliphatic carbocycles. The molecule has 1 aromatic rings. The van der Waals surface area contributed by atoms with Gasteiger partial charge in [-0.15, -0.1) is 0 Å². The Hall–Kier alpha value is -1.65. The van der Waals surface area contributed by atoms with Crippen molar-refractivity contribution in [2.24, 2.45) is 0 Å². The zero-order valence-electron chi connectivity index (χ0n) is 18.3. The van der Waals surface area contributed by atoms with Gasteiger partial charge in [0.05, 0.1) is 18.9 Å². The van der Waals surface area contributed by atoms with Gasteiger partial charge in [-0.3, -0.25) is 0 Å². The second kappa shape index (κ2) is 10.5. The maximum absolute atomic E-state index is 10.3. The SMILES string of the molecule is OCC1O[C@@H](Oc2cc(O[C@@H]3OC(CO)[C@@H](O)C(O)C3O)c3c(n2)CCCC3)C(O)C(O)[C@@H]1O. The number of aliphatic hydroxyl groups excluding tert-OH is 8. The van der Waals surface area contributed by atoms with E-state index in [4.69, 9.17) is 18.9 Å². The second-order valence-electron chi connectivity index (χ2n) is 8.72. The van der Waals surface area contributed by atoms with E-state index in [0.717, 1.165) is 18.4 Å². The molecule has 192 valence electrons. The van der Waals surface area contributed by atoms with Crippen LogP contribution in [0.2, 0.25) is 0 Å². The van der Waals surface area contributed by atoms with Gasteiger partial charge in [-0.05, 0) is 25.7 Å². The lowest BCUT2D eigenvalue weighted by Gasteiger charge is -2.40. The summed E-state index contributed by atoms with van der Waals surface area (Å²) in [5.41, 5.74) is 1.36. The largest absolute Gasteiger partial charge is 0.461 e. The van der Waals surface area contributed by atoms with Crippen LogP contribution in [-0.2, 0) is 22.3 Å². The van der Waals surface area contributed by atoms with E-state index in [2.05, 4.69) is 4.98 Å². The lowest BCUT2D eigenvalue weighted by molar-refractivity contribution is -0.279. The molecular formula is C21H31NO12. The Morgan fingerprint density at radius 2 is 1.26 bits per heavy atom. The highest BCUT2D eigenvalue weighted by Crippen LogP contribution is 2.35. The topological polar surface area (TPSA) is 212 Å². The number of ether oxygens (including phenoxy) is 4. The fourth-order valence-corrected chi connectivity index (χ4v) is 4.38. The fraction of sp³-hybridized carbons (Fsp3) is 0.762. The number of aromatic nitrogens is 1. The molecule has 2 aliphatic heterocycles. The van der Waals surface area contributed by atoms with Gasteiger partial charge in [0, 0.05) is 11.6 Å². The van der Waals surface area contributed by atoms with Crippen molar-refractivity contribution < 1.29 is 59.8 Å². The van der Waals surface area contributed by atoms with E-state index < -0.39 is 74.6 Å². The van der Waals surface area contributed by atoms with Crippen LogP contribution in [0.25, 0.3) is 0 Å². The zero-order chi connectivity index (χ0) is 24.6. The van der Waals surface area contributed by atoms with Crippen LogP contribution < -0.4 is 9.47 Å². The molecule has 6 unspecified atom stereocenters. The molecule has 0 bridgehead atoms. The molecule has 0 amide bonds. The molecule has 0 aromatic carbocycles. The van der Waals surface area contributed by atoms with Crippen LogP contribution in [0, 0.1) is 0 Å². The smallest absolute Gasteiger partial charge is 0.231 e. The number of rotatable bonds is 6. The van der Waals surface area contributed by atoms with Gasteiger partial charge in [0.25, 0.3) is 0 Å². The van der Waals surface area contributed by atoms with E-state index in [-0.39, 0.29) is 11.6 Å². The zero-order valence-corrected chi connectivity index (χ0v) is 18.3. The highest BCUT2D eigenvalue weighted by Gasteiger charge is 2.46. The van der Waals surface area contributed by atoms with Crippen molar-refractivity contribution in [2.45, 2.75) is 87.1 Å². The monoisotopic (exact) mass is 489 g/mol. The van der Waals surface area contributed by atoms with E-state index in [1.54, 1.807) is 0 Å². The quantitative estimate of drug-likeness (QED) is 0.194. The molecule has 2 fully saturated rings. The Kier molecular flexibility index (Phi) is 7.89. The molecule has 13 heteroatoms. The summed E-state index contributed by atoms with van der Waals surface area (Å²) < 4.78 is 22.3. The van der Waals surface area contributed by atoms with Gasteiger partial charge in [-0.2, -0.15) is 0 Å². The molecule has 1 aromatic heterocycles. The van der Waals surface area contributed by atoms with E-state index in [9.17, 15) is 40.9 Å². The normalized spacial score (nSPS) is 40.5. The first-order valence-corrected chi connectivity index (χ1v) is 11.2. The Bertz CT molecular complexity index is 838. The van der Waals surface area contributed by atoms with Crippen molar-refractivity contribution >= 4 is 0 Å². The summed E-state index contributed by atoms with van der Waals surface area (Å²) in [6, 6.07) is 1.37. The summed E-state index contributed by atoms with van der Waals surface area (Å²) in [7, 11) is 0. The number of nitrogens with zero attached hydrogens (tertiary/aromatic N) is 1. The summed E-state index contributed by atoms with van der Waals surface area (Å²) >= 11 is 0.